The van der Waals surface area contributed by atoms with Gasteiger partial charge in [-0.3, -0.25) is 4.18 Å². The van der Waals surface area contributed by atoms with E-state index in [1.165, 1.54) is 11.1 Å². The first-order valence-electron chi connectivity index (χ1n) is 12.0. The summed E-state index contributed by atoms with van der Waals surface area (Å²) in [6.45, 7) is 6.49. The van der Waals surface area contributed by atoms with Crippen LogP contribution in [0.2, 0.25) is 0 Å². The van der Waals surface area contributed by atoms with E-state index in [9.17, 15) is 13.5 Å². The van der Waals surface area contributed by atoms with Gasteiger partial charge in [0.05, 0.1) is 11.0 Å². The molecule has 2 aromatic rings. The lowest BCUT2D eigenvalue weighted by Gasteiger charge is -2.53. The lowest BCUT2D eigenvalue weighted by Crippen LogP contribution is -2.48. The molecule has 3 aliphatic carbocycles. The van der Waals surface area contributed by atoms with Crippen molar-refractivity contribution in [3.05, 3.63) is 59.2 Å². The van der Waals surface area contributed by atoms with Crippen molar-refractivity contribution in [3.8, 4) is 5.75 Å². The molecule has 0 amide bonds. The first-order chi connectivity index (χ1) is 15.2. The van der Waals surface area contributed by atoms with Crippen LogP contribution in [-0.4, -0.2) is 19.6 Å². The van der Waals surface area contributed by atoms with Gasteiger partial charge in [-0.05, 0) is 104 Å². The molecule has 0 radical (unpaired) electrons. The zero-order valence-corrected chi connectivity index (χ0v) is 20.1. The number of hydrogen-bond donors (Lipinski definition) is 1. The Morgan fingerprint density at radius 2 is 1.84 bits per heavy atom. The third kappa shape index (κ3) is 3.49. The van der Waals surface area contributed by atoms with Crippen molar-refractivity contribution in [2.45, 2.75) is 76.2 Å². The second-order valence-corrected chi connectivity index (χ2v) is 12.1. The average Bonchev–Trinajstić information content (AvgIpc) is 3.08. The van der Waals surface area contributed by atoms with Gasteiger partial charge in [0.2, 0.25) is 0 Å². The summed E-state index contributed by atoms with van der Waals surface area (Å²) in [5.74, 6) is 2.42. The van der Waals surface area contributed by atoms with Crippen molar-refractivity contribution in [3.63, 3.8) is 0 Å². The smallest absolute Gasteiger partial charge is 0.297 e. The van der Waals surface area contributed by atoms with Crippen molar-refractivity contribution in [1.82, 2.24) is 0 Å². The molecular weight excluding hydrogens is 420 g/mol. The number of benzene rings is 2. The molecule has 4 nitrogen and oxygen atoms in total. The third-order valence-electron chi connectivity index (χ3n) is 8.88. The monoisotopic (exact) mass is 454 g/mol. The van der Waals surface area contributed by atoms with Crippen LogP contribution in [0.3, 0.4) is 0 Å². The van der Waals surface area contributed by atoms with E-state index in [2.05, 4.69) is 19.9 Å². The van der Waals surface area contributed by atoms with Gasteiger partial charge in [-0.2, -0.15) is 8.42 Å². The Hall–Kier alpha value is -1.85. The quantitative estimate of drug-likeness (QED) is 0.578. The van der Waals surface area contributed by atoms with Crippen LogP contribution in [0.4, 0.5) is 0 Å². The Labute approximate surface area is 192 Å². The predicted octanol–water partition coefficient (Wildman–Crippen LogP) is 5.97. The van der Waals surface area contributed by atoms with E-state index >= 15 is 0 Å². The molecule has 3 unspecified atom stereocenters. The van der Waals surface area contributed by atoms with Crippen molar-refractivity contribution >= 4 is 10.1 Å². The summed E-state index contributed by atoms with van der Waals surface area (Å²) in [5.41, 5.74) is 3.61. The van der Waals surface area contributed by atoms with Gasteiger partial charge < -0.3 is 5.11 Å². The molecule has 2 fully saturated rings. The summed E-state index contributed by atoms with van der Waals surface area (Å²) < 4.78 is 32.1. The van der Waals surface area contributed by atoms with E-state index < -0.39 is 10.1 Å². The van der Waals surface area contributed by atoms with Crippen molar-refractivity contribution in [2.75, 3.05) is 0 Å². The van der Waals surface area contributed by atoms with E-state index in [1.54, 1.807) is 12.1 Å². The summed E-state index contributed by atoms with van der Waals surface area (Å²) in [6, 6.07) is 12.9. The maximum Gasteiger partial charge on any atom is 0.297 e. The SMILES string of the molecule is CC[C@H]1Cc2cc(O)ccc2C2CC[C@@]3(C)C(CC[C@@H]3OS(=O)(=O)c3ccc(C)cc3)C21. The van der Waals surface area contributed by atoms with Gasteiger partial charge in [-0.15, -0.1) is 0 Å². The molecule has 1 N–H and O–H groups in total. The highest BCUT2D eigenvalue weighted by Gasteiger charge is 2.58. The molecule has 0 aliphatic heterocycles. The topological polar surface area (TPSA) is 63.6 Å². The first-order valence-corrected chi connectivity index (χ1v) is 13.5. The second-order valence-electron chi connectivity index (χ2n) is 10.5. The lowest BCUT2D eigenvalue weighted by molar-refractivity contribution is -0.0267. The molecule has 5 heteroatoms. The molecule has 32 heavy (non-hydrogen) atoms. The van der Waals surface area contributed by atoms with Crippen LogP contribution in [0.1, 0.15) is 68.6 Å². The van der Waals surface area contributed by atoms with E-state index in [0.717, 1.165) is 44.1 Å². The summed E-state index contributed by atoms with van der Waals surface area (Å²) in [6.07, 6.45) is 5.69. The van der Waals surface area contributed by atoms with E-state index in [1.807, 2.05) is 31.2 Å². The molecular formula is C27H34O4S. The number of aryl methyl sites for hydroxylation is 1. The Balaban J connectivity index is 1.44. The Morgan fingerprint density at radius 1 is 1.09 bits per heavy atom. The number of rotatable bonds is 4. The molecule has 5 rings (SSSR count). The molecule has 0 heterocycles. The van der Waals surface area contributed by atoms with E-state index in [4.69, 9.17) is 4.18 Å². The van der Waals surface area contributed by atoms with Crippen molar-refractivity contribution in [1.29, 1.82) is 0 Å². The molecule has 0 bridgehead atoms. The molecule has 0 saturated heterocycles. The van der Waals surface area contributed by atoms with Crippen LogP contribution in [0.25, 0.3) is 0 Å². The van der Waals surface area contributed by atoms with Crippen LogP contribution in [0, 0.1) is 30.1 Å². The Bertz CT molecular complexity index is 1110. The molecule has 172 valence electrons. The zero-order valence-electron chi connectivity index (χ0n) is 19.3. The van der Waals surface area contributed by atoms with Gasteiger partial charge in [0.1, 0.15) is 5.75 Å². The number of phenols is 1. The predicted molar refractivity (Wildman–Crippen MR) is 125 cm³/mol. The van der Waals surface area contributed by atoms with Gasteiger partial charge in [-0.1, -0.05) is 44.0 Å². The van der Waals surface area contributed by atoms with Crippen LogP contribution in [0.5, 0.6) is 5.75 Å². The molecule has 3 aliphatic rings. The van der Waals surface area contributed by atoms with Crippen LogP contribution >= 0.6 is 0 Å². The largest absolute Gasteiger partial charge is 0.508 e. The van der Waals surface area contributed by atoms with Gasteiger partial charge >= 0.3 is 0 Å². The highest BCUT2D eigenvalue weighted by molar-refractivity contribution is 7.86. The fourth-order valence-electron chi connectivity index (χ4n) is 7.20. The zero-order chi connectivity index (χ0) is 22.7. The number of fused-ring (bicyclic) bond motifs is 5. The highest BCUT2D eigenvalue weighted by atomic mass is 32.2. The van der Waals surface area contributed by atoms with Crippen LogP contribution in [0.15, 0.2) is 47.4 Å². The van der Waals surface area contributed by atoms with Gasteiger partial charge in [0.25, 0.3) is 10.1 Å². The van der Waals surface area contributed by atoms with Crippen LogP contribution < -0.4 is 0 Å². The molecule has 0 spiro atoms. The normalized spacial score (nSPS) is 33.9. The highest BCUT2D eigenvalue weighted by Crippen LogP contribution is 2.63. The molecule has 2 saturated carbocycles. The summed E-state index contributed by atoms with van der Waals surface area (Å²) >= 11 is 0. The second kappa shape index (κ2) is 7.88. The maximum atomic E-state index is 13.1. The standard InChI is InChI=1S/C27H34O4S/c1-4-18-15-19-16-20(28)7-10-22(19)23-13-14-27(3)24(26(18)23)11-12-25(27)31-32(29,30)21-8-5-17(2)6-9-21/h5-10,16,18,23-26,28H,4,11-15H2,1-3H3/t18-,23?,24?,25-,26?,27-/m0/s1. The molecule has 6 atom stereocenters. The summed E-state index contributed by atoms with van der Waals surface area (Å²) in [7, 11) is -3.78. The Morgan fingerprint density at radius 3 is 2.56 bits per heavy atom. The van der Waals surface area contributed by atoms with Crippen molar-refractivity contribution < 1.29 is 17.7 Å². The van der Waals surface area contributed by atoms with Crippen LogP contribution in [-0.2, 0) is 20.7 Å². The van der Waals surface area contributed by atoms with Gasteiger partial charge in [0, 0.05) is 0 Å². The van der Waals surface area contributed by atoms with Gasteiger partial charge in [0.15, 0.2) is 0 Å². The minimum absolute atomic E-state index is 0.124. The summed E-state index contributed by atoms with van der Waals surface area (Å²) in [5, 5.41) is 10.0. The van der Waals surface area contributed by atoms with E-state index in [-0.39, 0.29) is 16.4 Å². The number of hydrogen-bond acceptors (Lipinski definition) is 4. The fourth-order valence-corrected chi connectivity index (χ4v) is 8.41. The molecule has 0 aromatic heterocycles. The Kier molecular flexibility index (Phi) is 5.41. The average molecular weight is 455 g/mol. The first kappa shape index (κ1) is 22.0. The molecule has 2 aromatic carbocycles. The minimum atomic E-state index is -3.78. The fraction of sp³-hybridized carbons (Fsp3) is 0.556. The maximum absolute atomic E-state index is 13.1. The minimum Gasteiger partial charge on any atom is -0.508 e. The number of aromatic hydroxyl groups is 1. The van der Waals surface area contributed by atoms with Crippen molar-refractivity contribution in [2.24, 2.45) is 23.2 Å². The lowest BCUT2D eigenvalue weighted by atomic mass is 9.52. The summed E-state index contributed by atoms with van der Waals surface area (Å²) in [4.78, 5) is 0.252. The number of phenolic OH excluding ortho intramolecular Hbond substituents is 1. The third-order valence-corrected chi connectivity index (χ3v) is 10.2. The van der Waals surface area contributed by atoms with Gasteiger partial charge in [-0.25, -0.2) is 0 Å². The van der Waals surface area contributed by atoms with E-state index in [0.29, 0.717) is 29.4 Å².